The number of aliphatic hydroxyl groups excluding tert-OH is 6. The lowest BCUT2D eigenvalue weighted by Crippen LogP contribution is -2.32. The van der Waals surface area contributed by atoms with Gasteiger partial charge in [-0.25, -0.2) is 4.79 Å². The van der Waals surface area contributed by atoms with Crippen molar-refractivity contribution in [2.24, 2.45) is 10.8 Å². The Hall–Kier alpha value is -1.03. The molecule has 0 aliphatic rings. The van der Waals surface area contributed by atoms with Crippen LogP contribution in [-0.4, -0.2) is 83.4 Å². The van der Waals surface area contributed by atoms with Crippen molar-refractivity contribution in [2.75, 3.05) is 46.8 Å². The van der Waals surface area contributed by atoms with Crippen LogP contribution in [0, 0.1) is 10.8 Å². The van der Waals surface area contributed by atoms with E-state index in [0.29, 0.717) is 12.8 Å². The number of esters is 1. The minimum atomic E-state index is -0.667. The third-order valence-electron chi connectivity index (χ3n) is 3.88. The molecule has 0 aromatic heterocycles. The van der Waals surface area contributed by atoms with E-state index in [4.69, 9.17) is 30.6 Å². The molecule has 0 heterocycles. The topological polar surface area (TPSA) is 148 Å². The highest BCUT2D eigenvalue weighted by Gasteiger charge is 2.25. The number of hydrogen-bond donors (Lipinski definition) is 6. The van der Waals surface area contributed by atoms with E-state index in [1.165, 1.54) is 7.11 Å². The molecule has 0 unspecified atom stereocenters. The van der Waals surface area contributed by atoms with Crippen molar-refractivity contribution in [1.82, 2.24) is 0 Å². The zero-order valence-electron chi connectivity index (χ0n) is 14.9. The van der Waals surface area contributed by atoms with Crippen LogP contribution in [0.2, 0.25) is 0 Å². The number of methoxy groups -OCH3 is 1. The second kappa shape index (κ2) is 16.8. The van der Waals surface area contributed by atoms with E-state index >= 15 is 0 Å². The quantitative estimate of drug-likeness (QED) is 0.230. The van der Waals surface area contributed by atoms with Gasteiger partial charge in [-0.3, -0.25) is 0 Å². The summed E-state index contributed by atoms with van der Waals surface area (Å²) < 4.78 is 4.14. The van der Waals surface area contributed by atoms with E-state index in [2.05, 4.69) is 11.3 Å². The van der Waals surface area contributed by atoms with Crippen LogP contribution >= 0.6 is 0 Å². The number of hydrogen-bond acceptors (Lipinski definition) is 8. The van der Waals surface area contributed by atoms with Crippen LogP contribution in [0.25, 0.3) is 0 Å². The van der Waals surface area contributed by atoms with Crippen molar-refractivity contribution in [3.8, 4) is 0 Å². The van der Waals surface area contributed by atoms with Crippen LogP contribution in [0.5, 0.6) is 0 Å². The molecule has 0 aromatic rings. The van der Waals surface area contributed by atoms with Gasteiger partial charge in [0.25, 0.3) is 0 Å². The van der Waals surface area contributed by atoms with Gasteiger partial charge < -0.3 is 35.4 Å². The maximum Gasteiger partial charge on any atom is 0.329 e. The van der Waals surface area contributed by atoms with Gasteiger partial charge in [-0.2, -0.15) is 0 Å². The second-order valence-corrected chi connectivity index (χ2v) is 5.38. The maximum atomic E-state index is 9.84. The Bertz CT molecular complexity index is 243. The number of carbonyl (C=O) groups excluding carboxylic acids is 1. The normalized spacial score (nSPS) is 10.7. The van der Waals surface area contributed by atoms with E-state index in [1.54, 1.807) is 0 Å². The summed E-state index contributed by atoms with van der Waals surface area (Å²) in [6, 6.07) is 0. The van der Waals surface area contributed by atoms with Gasteiger partial charge in [0.2, 0.25) is 0 Å². The molecule has 146 valence electrons. The Morgan fingerprint density at radius 3 is 1.08 bits per heavy atom. The SMILES string of the molecule is C=CC(=O)OC.CCC(CO)(CO)CO.CCC(CO)(CO)CO. The predicted molar refractivity (Wildman–Crippen MR) is 90.2 cm³/mol. The molecular weight excluding hydrogens is 320 g/mol. The fourth-order valence-corrected chi connectivity index (χ4v) is 1.05. The lowest BCUT2D eigenvalue weighted by molar-refractivity contribution is -0.134. The maximum absolute atomic E-state index is 9.84. The summed E-state index contributed by atoms with van der Waals surface area (Å²) in [6.07, 6.45) is 2.30. The fraction of sp³-hybridized carbons (Fsp3) is 0.812. The van der Waals surface area contributed by atoms with Crippen LogP contribution in [0.1, 0.15) is 26.7 Å². The zero-order chi connectivity index (χ0) is 19.6. The number of rotatable bonds is 9. The van der Waals surface area contributed by atoms with Crippen LogP contribution in [-0.2, 0) is 9.53 Å². The molecule has 0 atom stereocenters. The van der Waals surface area contributed by atoms with Gasteiger partial charge >= 0.3 is 5.97 Å². The van der Waals surface area contributed by atoms with Gasteiger partial charge in [0.05, 0.1) is 46.8 Å². The Morgan fingerprint density at radius 1 is 0.833 bits per heavy atom. The monoisotopic (exact) mass is 354 g/mol. The molecule has 6 N–H and O–H groups in total. The minimum Gasteiger partial charge on any atom is -0.466 e. The van der Waals surface area contributed by atoms with Crippen molar-refractivity contribution < 1.29 is 40.2 Å². The smallest absolute Gasteiger partial charge is 0.329 e. The molecule has 0 rings (SSSR count). The highest BCUT2D eigenvalue weighted by Crippen LogP contribution is 2.18. The molecule has 0 aliphatic heterocycles. The van der Waals surface area contributed by atoms with Gasteiger partial charge in [0.1, 0.15) is 0 Å². The minimum absolute atomic E-state index is 0.156. The first-order valence-electron chi connectivity index (χ1n) is 7.65. The van der Waals surface area contributed by atoms with E-state index in [0.717, 1.165) is 6.08 Å². The van der Waals surface area contributed by atoms with E-state index < -0.39 is 16.8 Å². The van der Waals surface area contributed by atoms with Crippen molar-refractivity contribution in [1.29, 1.82) is 0 Å². The highest BCUT2D eigenvalue weighted by atomic mass is 16.5. The summed E-state index contributed by atoms with van der Waals surface area (Å²) >= 11 is 0. The van der Waals surface area contributed by atoms with Gasteiger partial charge in [0, 0.05) is 16.9 Å². The third kappa shape index (κ3) is 11.5. The standard InChI is InChI=1S/2C6H14O3.C4H6O2/c2*1-2-6(3-7,4-8)5-9;1-3-4(5)6-2/h2*7-9H,2-5H2,1H3;3H,1H2,2H3. The average Bonchev–Trinajstić information content (AvgIpc) is 2.67. The van der Waals surface area contributed by atoms with Crippen molar-refractivity contribution in [3.63, 3.8) is 0 Å². The van der Waals surface area contributed by atoms with Crippen molar-refractivity contribution >= 4 is 5.97 Å². The molecular formula is C16H34O8. The first-order valence-corrected chi connectivity index (χ1v) is 7.65. The van der Waals surface area contributed by atoms with Crippen LogP contribution in [0.3, 0.4) is 0 Å². The number of ether oxygens (including phenoxy) is 1. The first-order chi connectivity index (χ1) is 11.3. The van der Waals surface area contributed by atoms with Gasteiger partial charge in [-0.15, -0.1) is 0 Å². The Labute approximate surface area is 144 Å². The summed E-state index contributed by atoms with van der Waals surface area (Å²) in [5, 5.41) is 51.9. The molecule has 0 amide bonds. The summed E-state index contributed by atoms with van der Waals surface area (Å²) in [4.78, 5) is 9.84. The molecule has 8 heteroatoms. The van der Waals surface area contributed by atoms with Gasteiger partial charge in [0.15, 0.2) is 0 Å². The van der Waals surface area contributed by atoms with E-state index in [9.17, 15) is 4.79 Å². The number of aliphatic hydroxyl groups is 6. The van der Waals surface area contributed by atoms with Gasteiger partial charge in [-0.05, 0) is 12.8 Å². The molecule has 0 bridgehead atoms. The molecule has 8 nitrogen and oxygen atoms in total. The Morgan fingerprint density at radius 2 is 1.08 bits per heavy atom. The Kier molecular flexibility index (Phi) is 19.5. The van der Waals surface area contributed by atoms with Crippen molar-refractivity contribution in [3.05, 3.63) is 12.7 Å². The summed E-state index contributed by atoms with van der Waals surface area (Å²) in [7, 11) is 1.31. The largest absolute Gasteiger partial charge is 0.466 e. The van der Waals surface area contributed by atoms with Crippen LogP contribution in [0.15, 0.2) is 12.7 Å². The van der Waals surface area contributed by atoms with Gasteiger partial charge in [-0.1, -0.05) is 20.4 Å². The van der Waals surface area contributed by atoms with Crippen LogP contribution < -0.4 is 0 Å². The molecule has 0 fully saturated rings. The lowest BCUT2D eigenvalue weighted by atomic mass is 9.88. The van der Waals surface area contributed by atoms with Crippen LogP contribution in [0.4, 0.5) is 0 Å². The zero-order valence-corrected chi connectivity index (χ0v) is 14.9. The fourth-order valence-electron chi connectivity index (χ4n) is 1.05. The summed E-state index contributed by atoms with van der Waals surface area (Å²) in [5.41, 5.74) is -1.33. The molecule has 0 aliphatic carbocycles. The average molecular weight is 354 g/mol. The first kappa shape index (κ1) is 27.8. The summed E-state index contributed by atoms with van der Waals surface area (Å²) in [5.74, 6) is -0.394. The lowest BCUT2D eigenvalue weighted by Gasteiger charge is -2.24. The number of carbonyl (C=O) groups is 1. The molecule has 0 radical (unpaired) electrons. The molecule has 24 heavy (non-hydrogen) atoms. The third-order valence-corrected chi connectivity index (χ3v) is 3.88. The second-order valence-electron chi connectivity index (χ2n) is 5.38. The molecule has 0 spiro atoms. The predicted octanol–water partition coefficient (Wildman–Crippen LogP) is -0.935. The summed E-state index contributed by atoms with van der Waals surface area (Å²) in [6.45, 7) is 5.86. The van der Waals surface area contributed by atoms with E-state index in [1.807, 2.05) is 13.8 Å². The van der Waals surface area contributed by atoms with E-state index in [-0.39, 0.29) is 39.6 Å². The highest BCUT2D eigenvalue weighted by molar-refractivity contribution is 5.80. The Balaban J connectivity index is -0.000000282. The molecule has 0 saturated carbocycles. The molecule has 0 aromatic carbocycles. The molecule has 0 saturated heterocycles. The van der Waals surface area contributed by atoms with Crippen molar-refractivity contribution in [2.45, 2.75) is 26.7 Å².